The molecule has 0 saturated carbocycles. The van der Waals surface area contributed by atoms with Crippen molar-refractivity contribution in [2.75, 3.05) is 5.75 Å². The summed E-state index contributed by atoms with van der Waals surface area (Å²) in [4.78, 5) is 29.8. The Labute approximate surface area is 162 Å². The first-order valence-electron chi connectivity index (χ1n) is 8.95. The van der Waals surface area contributed by atoms with E-state index in [-0.39, 0.29) is 29.3 Å². The van der Waals surface area contributed by atoms with E-state index in [0.29, 0.717) is 16.1 Å². The predicted molar refractivity (Wildman–Crippen MR) is 110 cm³/mol. The van der Waals surface area contributed by atoms with E-state index in [4.69, 9.17) is 0 Å². The van der Waals surface area contributed by atoms with E-state index in [1.54, 1.807) is 10.6 Å². The summed E-state index contributed by atoms with van der Waals surface area (Å²) in [6, 6.07) is 17.0. The van der Waals surface area contributed by atoms with Gasteiger partial charge in [-0.1, -0.05) is 54.2 Å². The highest BCUT2D eigenvalue weighted by molar-refractivity contribution is 7.99. The van der Waals surface area contributed by atoms with Gasteiger partial charge in [-0.25, -0.2) is 4.98 Å². The summed E-state index contributed by atoms with van der Waals surface area (Å²) in [7, 11) is 0. The first-order valence-corrected chi connectivity index (χ1v) is 9.94. The molecule has 6 heteroatoms. The van der Waals surface area contributed by atoms with Crippen LogP contribution in [-0.2, 0) is 4.79 Å². The Kier molecular flexibility index (Phi) is 5.96. The molecule has 0 aliphatic carbocycles. The lowest BCUT2D eigenvalue weighted by atomic mass is 10.1. The van der Waals surface area contributed by atoms with Crippen molar-refractivity contribution in [2.24, 2.45) is 0 Å². The van der Waals surface area contributed by atoms with Gasteiger partial charge in [0.05, 0.1) is 22.7 Å². The minimum absolute atomic E-state index is 0.0385. The molecule has 140 valence electrons. The first-order chi connectivity index (χ1) is 13.0. The van der Waals surface area contributed by atoms with Gasteiger partial charge in [0, 0.05) is 6.04 Å². The molecule has 0 radical (unpaired) electrons. The molecule has 0 bridgehead atoms. The molecule has 0 aliphatic heterocycles. The lowest BCUT2D eigenvalue weighted by Crippen LogP contribution is -2.29. The van der Waals surface area contributed by atoms with E-state index >= 15 is 0 Å². The zero-order chi connectivity index (χ0) is 19.4. The molecule has 5 nitrogen and oxygen atoms in total. The summed E-state index contributed by atoms with van der Waals surface area (Å²) >= 11 is 1.29. The summed E-state index contributed by atoms with van der Waals surface area (Å²) in [6.45, 7) is 5.84. The van der Waals surface area contributed by atoms with Gasteiger partial charge in [-0.3, -0.25) is 14.2 Å². The molecule has 0 unspecified atom stereocenters. The Hall–Kier alpha value is -2.60. The van der Waals surface area contributed by atoms with Gasteiger partial charge in [-0.2, -0.15) is 0 Å². The van der Waals surface area contributed by atoms with Crippen molar-refractivity contribution in [3.63, 3.8) is 0 Å². The fourth-order valence-corrected chi connectivity index (χ4v) is 3.86. The van der Waals surface area contributed by atoms with Crippen molar-refractivity contribution in [1.82, 2.24) is 14.9 Å². The molecule has 2 aromatic carbocycles. The Morgan fingerprint density at radius 2 is 1.74 bits per heavy atom. The molecular weight excluding hydrogens is 358 g/mol. The third-order valence-electron chi connectivity index (χ3n) is 4.30. The standard InChI is InChI=1S/C21H23N3O2S/c1-14(2)24-20(26)17-11-7-8-12-18(17)23-21(24)27-13-19(25)22-15(3)16-9-5-4-6-10-16/h4-12,14-15H,13H2,1-3H3,(H,22,25)/t15-/m1/s1. The SMILES string of the molecule is CC(C)n1c(SCC(=O)N[C@H](C)c2ccccc2)nc2ccccc2c1=O. The fourth-order valence-electron chi connectivity index (χ4n) is 2.92. The smallest absolute Gasteiger partial charge is 0.262 e. The number of nitrogens with zero attached hydrogens (tertiary/aromatic N) is 2. The van der Waals surface area contributed by atoms with E-state index in [1.165, 1.54) is 11.8 Å². The topological polar surface area (TPSA) is 64.0 Å². The molecule has 3 rings (SSSR count). The lowest BCUT2D eigenvalue weighted by Gasteiger charge is -2.17. The van der Waals surface area contributed by atoms with E-state index in [9.17, 15) is 9.59 Å². The number of carbonyl (C=O) groups is 1. The van der Waals surface area contributed by atoms with Gasteiger partial charge >= 0.3 is 0 Å². The monoisotopic (exact) mass is 381 g/mol. The van der Waals surface area contributed by atoms with Gasteiger partial charge in [0.15, 0.2) is 5.16 Å². The number of benzene rings is 2. The summed E-state index contributed by atoms with van der Waals surface area (Å²) in [5.41, 5.74) is 1.63. The third kappa shape index (κ3) is 4.39. The second kappa shape index (κ2) is 8.39. The van der Waals surface area contributed by atoms with Gasteiger partial charge in [-0.05, 0) is 38.5 Å². The van der Waals surface area contributed by atoms with Crippen LogP contribution in [0.3, 0.4) is 0 Å². The van der Waals surface area contributed by atoms with Crippen LogP contribution in [0.1, 0.15) is 38.4 Å². The highest BCUT2D eigenvalue weighted by Crippen LogP contribution is 2.21. The van der Waals surface area contributed by atoms with Crippen LogP contribution in [0.15, 0.2) is 64.5 Å². The molecule has 1 amide bonds. The van der Waals surface area contributed by atoms with Crippen molar-refractivity contribution < 1.29 is 4.79 Å². The second-order valence-electron chi connectivity index (χ2n) is 6.67. The predicted octanol–water partition coefficient (Wildman–Crippen LogP) is 3.95. The second-order valence-corrected chi connectivity index (χ2v) is 7.61. The molecule has 27 heavy (non-hydrogen) atoms. The number of rotatable bonds is 6. The summed E-state index contributed by atoms with van der Waals surface area (Å²) in [6.07, 6.45) is 0. The fraction of sp³-hybridized carbons (Fsp3) is 0.286. The van der Waals surface area contributed by atoms with Gasteiger partial charge in [0.1, 0.15) is 0 Å². The minimum atomic E-state index is -0.0888. The van der Waals surface area contributed by atoms with E-state index in [2.05, 4.69) is 10.3 Å². The zero-order valence-electron chi connectivity index (χ0n) is 15.7. The molecule has 3 aromatic rings. The van der Waals surface area contributed by atoms with Crippen LogP contribution in [0.5, 0.6) is 0 Å². The summed E-state index contributed by atoms with van der Waals surface area (Å²) in [5.74, 6) is 0.114. The molecule has 1 atom stereocenters. The Bertz CT molecular complexity index is 999. The highest BCUT2D eigenvalue weighted by atomic mass is 32.2. The number of thioether (sulfide) groups is 1. The normalized spacial score (nSPS) is 12.3. The number of aromatic nitrogens is 2. The Morgan fingerprint density at radius 1 is 1.07 bits per heavy atom. The lowest BCUT2D eigenvalue weighted by molar-refractivity contribution is -0.119. The van der Waals surface area contributed by atoms with Crippen LogP contribution >= 0.6 is 11.8 Å². The van der Waals surface area contributed by atoms with Gasteiger partial charge in [0.2, 0.25) is 5.91 Å². The van der Waals surface area contributed by atoms with Crippen LogP contribution in [-0.4, -0.2) is 21.2 Å². The number of para-hydroxylation sites is 1. The number of amides is 1. The number of hydrogen-bond donors (Lipinski definition) is 1. The average molecular weight is 382 g/mol. The van der Waals surface area contributed by atoms with Gasteiger partial charge in [-0.15, -0.1) is 0 Å². The van der Waals surface area contributed by atoms with Crippen molar-refractivity contribution in [2.45, 2.75) is 38.0 Å². The number of hydrogen-bond acceptors (Lipinski definition) is 4. The van der Waals surface area contributed by atoms with Crippen LogP contribution in [0, 0.1) is 0 Å². The maximum atomic E-state index is 12.8. The zero-order valence-corrected chi connectivity index (χ0v) is 16.5. The van der Waals surface area contributed by atoms with Crippen LogP contribution in [0.25, 0.3) is 10.9 Å². The van der Waals surface area contributed by atoms with E-state index in [0.717, 1.165) is 5.56 Å². The van der Waals surface area contributed by atoms with Crippen LogP contribution < -0.4 is 10.9 Å². The van der Waals surface area contributed by atoms with Crippen molar-refractivity contribution in [3.8, 4) is 0 Å². The highest BCUT2D eigenvalue weighted by Gasteiger charge is 2.16. The molecule has 1 aromatic heterocycles. The molecule has 0 saturated heterocycles. The van der Waals surface area contributed by atoms with Crippen molar-refractivity contribution in [3.05, 3.63) is 70.5 Å². The summed E-state index contributed by atoms with van der Waals surface area (Å²) in [5, 5.41) is 4.15. The maximum Gasteiger partial charge on any atom is 0.262 e. The molecule has 1 heterocycles. The minimum Gasteiger partial charge on any atom is -0.349 e. The molecule has 0 aliphatic rings. The van der Waals surface area contributed by atoms with Crippen LogP contribution in [0.2, 0.25) is 0 Å². The van der Waals surface area contributed by atoms with Crippen molar-refractivity contribution in [1.29, 1.82) is 0 Å². The van der Waals surface area contributed by atoms with E-state index in [1.807, 2.05) is 69.3 Å². The number of carbonyl (C=O) groups excluding carboxylic acids is 1. The number of fused-ring (bicyclic) bond motifs is 1. The molecular formula is C21H23N3O2S. The Morgan fingerprint density at radius 3 is 2.44 bits per heavy atom. The first kappa shape index (κ1) is 19.2. The van der Waals surface area contributed by atoms with Gasteiger partial charge < -0.3 is 5.32 Å². The largest absolute Gasteiger partial charge is 0.349 e. The summed E-state index contributed by atoms with van der Waals surface area (Å²) < 4.78 is 1.65. The number of nitrogens with one attached hydrogen (secondary N) is 1. The molecule has 0 spiro atoms. The Balaban J connectivity index is 1.77. The maximum absolute atomic E-state index is 12.8. The molecule has 1 N–H and O–H groups in total. The van der Waals surface area contributed by atoms with Crippen molar-refractivity contribution >= 4 is 28.6 Å². The average Bonchev–Trinajstić information content (AvgIpc) is 2.66. The van der Waals surface area contributed by atoms with E-state index < -0.39 is 0 Å². The van der Waals surface area contributed by atoms with Gasteiger partial charge in [0.25, 0.3) is 5.56 Å². The third-order valence-corrected chi connectivity index (χ3v) is 5.25. The quantitative estimate of drug-likeness (QED) is 0.519. The van der Waals surface area contributed by atoms with Crippen LogP contribution in [0.4, 0.5) is 0 Å². The molecule has 0 fully saturated rings.